The van der Waals surface area contributed by atoms with Crippen molar-refractivity contribution >= 4 is 54.6 Å². The van der Waals surface area contributed by atoms with Crippen molar-refractivity contribution in [2.24, 2.45) is 5.73 Å². The van der Waals surface area contributed by atoms with E-state index < -0.39 is 15.8 Å². The van der Waals surface area contributed by atoms with Gasteiger partial charge >= 0.3 is 0 Å². The summed E-state index contributed by atoms with van der Waals surface area (Å²) < 4.78 is 40.2. The summed E-state index contributed by atoms with van der Waals surface area (Å²) in [4.78, 5) is 0.745. The van der Waals surface area contributed by atoms with Gasteiger partial charge in [0.2, 0.25) is 0 Å². The smallest absolute Gasteiger partial charge is 0.271 e. The summed E-state index contributed by atoms with van der Waals surface area (Å²) >= 11 is 9.99. The molecule has 0 unspecified atom stereocenters. The standard InChI is InChI=1S/C11H9BrClFN2O2S2/c12-8-3-6(14)4-9(13)11(8)16-20(17,18)10-2-1-7(5-15)19-10/h1-4,16H,5,15H2. The summed E-state index contributed by atoms with van der Waals surface area (Å²) in [5, 5.41) is -0.0314. The molecular weight excluding hydrogens is 391 g/mol. The van der Waals surface area contributed by atoms with Crippen LogP contribution in [0, 0.1) is 5.82 Å². The first kappa shape index (κ1) is 15.7. The molecule has 20 heavy (non-hydrogen) atoms. The first-order valence-electron chi connectivity index (χ1n) is 5.29. The molecule has 0 saturated heterocycles. The number of halogens is 3. The zero-order valence-corrected chi connectivity index (χ0v) is 13.8. The van der Waals surface area contributed by atoms with Crippen molar-refractivity contribution in [2.45, 2.75) is 10.8 Å². The van der Waals surface area contributed by atoms with Crippen LogP contribution >= 0.6 is 38.9 Å². The lowest BCUT2D eigenvalue weighted by Crippen LogP contribution is -2.12. The van der Waals surface area contributed by atoms with Gasteiger partial charge in [0.25, 0.3) is 10.0 Å². The molecule has 0 fully saturated rings. The van der Waals surface area contributed by atoms with E-state index in [1.165, 1.54) is 6.07 Å². The number of nitrogens with one attached hydrogen (secondary N) is 1. The van der Waals surface area contributed by atoms with E-state index in [1.807, 2.05) is 0 Å². The zero-order chi connectivity index (χ0) is 14.9. The number of hydrogen-bond acceptors (Lipinski definition) is 4. The van der Waals surface area contributed by atoms with Crippen LogP contribution in [0.1, 0.15) is 4.88 Å². The van der Waals surface area contributed by atoms with Crippen molar-refractivity contribution in [1.82, 2.24) is 0 Å². The van der Waals surface area contributed by atoms with Gasteiger partial charge < -0.3 is 5.73 Å². The molecule has 0 spiro atoms. The first-order chi connectivity index (χ1) is 9.33. The Kier molecular flexibility index (Phi) is 4.70. The second-order valence-electron chi connectivity index (χ2n) is 3.77. The highest BCUT2D eigenvalue weighted by Gasteiger charge is 2.20. The van der Waals surface area contributed by atoms with Gasteiger partial charge in [-0.25, -0.2) is 12.8 Å². The number of nitrogens with two attached hydrogens (primary N) is 1. The van der Waals surface area contributed by atoms with Crippen LogP contribution in [0.15, 0.2) is 32.9 Å². The van der Waals surface area contributed by atoms with Gasteiger partial charge in [-0.2, -0.15) is 0 Å². The van der Waals surface area contributed by atoms with Crippen molar-refractivity contribution < 1.29 is 12.8 Å². The van der Waals surface area contributed by atoms with Crippen LogP contribution < -0.4 is 10.5 Å². The van der Waals surface area contributed by atoms with E-state index in [9.17, 15) is 12.8 Å². The second-order valence-corrected chi connectivity index (χ2v) is 8.11. The number of hydrogen-bond donors (Lipinski definition) is 2. The number of rotatable bonds is 4. The Morgan fingerprint density at radius 1 is 1.40 bits per heavy atom. The Balaban J connectivity index is 2.38. The SMILES string of the molecule is NCc1ccc(S(=O)(=O)Nc2c(Cl)cc(F)cc2Br)s1. The summed E-state index contributed by atoms with van der Waals surface area (Å²) in [5.41, 5.74) is 5.54. The fourth-order valence-corrected chi connectivity index (χ4v) is 4.86. The molecule has 0 saturated carbocycles. The third-order valence-electron chi connectivity index (χ3n) is 2.35. The van der Waals surface area contributed by atoms with Crippen LogP contribution in [0.3, 0.4) is 0 Å². The van der Waals surface area contributed by atoms with Crippen LogP contribution in [-0.4, -0.2) is 8.42 Å². The summed E-state index contributed by atoms with van der Waals surface area (Å²) in [7, 11) is -3.78. The molecule has 0 bridgehead atoms. The van der Waals surface area contributed by atoms with Gasteiger partial charge in [-0.05, 0) is 40.2 Å². The minimum atomic E-state index is -3.78. The van der Waals surface area contributed by atoms with Crippen molar-refractivity contribution in [1.29, 1.82) is 0 Å². The normalized spacial score (nSPS) is 11.6. The maximum absolute atomic E-state index is 13.1. The van der Waals surface area contributed by atoms with Crippen LogP contribution in [0.2, 0.25) is 5.02 Å². The summed E-state index contributed by atoms with van der Waals surface area (Å²) in [6, 6.07) is 5.26. The lowest BCUT2D eigenvalue weighted by molar-refractivity contribution is 0.603. The molecule has 0 aliphatic rings. The molecule has 0 radical (unpaired) electrons. The Morgan fingerprint density at radius 2 is 2.10 bits per heavy atom. The van der Waals surface area contributed by atoms with Gasteiger partial charge in [0.1, 0.15) is 10.0 Å². The summed E-state index contributed by atoms with van der Waals surface area (Å²) in [5.74, 6) is -0.564. The Bertz CT molecular complexity index is 726. The largest absolute Gasteiger partial charge is 0.326 e. The molecular formula is C11H9BrClFN2O2S2. The highest BCUT2D eigenvalue weighted by Crippen LogP contribution is 2.34. The third kappa shape index (κ3) is 3.32. The molecule has 1 aromatic carbocycles. The minimum Gasteiger partial charge on any atom is -0.326 e. The number of sulfonamides is 1. The molecule has 0 aliphatic carbocycles. The number of thiophene rings is 1. The van der Waals surface area contributed by atoms with Crippen LogP contribution in [0.4, 0.5) is 10.1 Å². The van der Waals surface area contributed by atoms with Gasteiger partial charge in [-0.15, -0.1) is 11.3 Å². The monoisotopic (exact) mass is 398 g/mol. The Labute approximate surface area is 132 Å². The van der Waals surface area contributed by atoms with Gasteiger partial charge in [0, 0.05) is 15.9 Å². The van der Waals surface area contributed by atoms with Crippen LogP contribution in [0.25, 0.3) is 0 Å². The predicted molar refractivity (Wildman–Crippen MR) is 82.1 cm³/mol. The maximum Gasteiger partial charge on any atom is 0.271 e. The fourth-order valence-electron chi connectivity index (χ4n) is 1.44. The molecule has 4 nitrogen and oxygen atoms in total. The molecule has 0 amide bonds. The molecule has 3 N–H and O–H groups in total. The highest BCUT2D eigenvalue weighted by atomic mass is 79.9. The molecule has 1 aromatic heterocycles. The van der Waals surface area contributed by atoms with Crippen molar-refractivity contribution in [3.63, 3.8) is 0 Å². The molecule has 0 aliphatic heterocycles. The van der Waals surface area contributed by atoms with Gasteiger partial charge in [-0.3, -0.25) is 4.72 Å². The maximum atomic E-state index is 13.1. The van der Waals surface area contributed by atoms with E-state index in [0.717, 1.165) is 28.3 Å². The number of anilines is 1. The van der Waals surface area contributed by atoms with E-state index in [1.54, 1.807) is 6.07 Å². The lowest BCUT2D eigenvalue weighted by atomic mass is 10.3. The van der Waals surface area contributed by atoms with Crippen molar-refractivity contribution in [2.75, 3.05) is 4.72 Å². The fraction of sp³-hybridized carbons (Fsp3) is 0.0909. The van der Waals surface area contributed by atoms with E-state index in [2.05, 4.69) is 20.7 Å². The van der Waals surface area contributed by atoms with Gasteiger partial charge in [0.05, 0.1) is 10.7 Å². The third-order valence-corrected chi connectivity index (χ3v) is 6.22. The van der Waals surface area contributed by atoms with Crippen molar-refractivity contribution in [3.8, 4) is 0 Å². The summed E-state index contributed by atoms with van der Waals surface area (Å²) in [6.45, 7) is 0.265. The molecule has 2 rings (SSSR count). The van der Waals surface area contributed by atoms with Crippen LogP contribution in [0.5, 0.6) is 0 Å². The minimum absolute atomic E-state index is 0.0314. The second kappa shape index (κ2) is 5.98. The highest BCUT2D eigenvalue weighted by molar-refractivity contribution is 9.10. The predicted octanol–water partition coefficient (Wildman–Crippen LogP) is 3.56. The zero-order valence-electron chi connectivity index (χ0n) is 9.86. The van der Waals surface area contributed by atoms with E-state index in [4.69, 9.17) is 17.3 Å². The molecule has 1 heterocycles. The van der Waals surface area contributed by atoms with Crippen LogP contribution in [-0.2, 0) is 16.6 Å². The number of benzene rings is 1. The average molecular weight is 400 g/mol. The van der Waals surface area contributed by atoms with Gasteiger partial charge in [0.15, 0.2) is 0 Å². The van der Waals surface area contributed by atoms with E-state index in [-0.39, 0.29) is 25.9 Å². The average Bonchev–Trinajstić information content (AvgIpc) is 2.83. The lowest BCUT2D eigenvalue weighted by Gasteiger charge is -2.10. The molecule has 2 aromatic rings. The van der Waals surface area contributed by atoms with E-state index in [0.29, 0.717) is 0 Å². The molecule has 9 heteroatoms. The van der Waals surface area contributed by atoms with E-state index >= 15 is 0 Å². The quantitative estimate of drug-likeness (QED) is 0.825. The molecule has 108 valence electrons. The topological polar surface area (TPSA) is 72.2 Å². The van der Waals surface area contributed by atoms with Crippen molar-refractivity contribution in [3.05, 3.63) is 44.5 Å². The first-order valence-corrected chi connectivity index (χ1v) is 8.76. The van der Waals surface area contributed by atoms with Gasteiger partial charge in [-0.1, -0.05) is 11.6 Å². The summed E-state index contributed by atoms with van der Waals surface area (Å²) in [6.07, 6.45) is 0. The Morgan fingerprint density at radius 3 is 2.65 bits per heavy atom. The molecule has 0 atom stereocenters. The Hall–Kier alpha value is -0.670.